The Morgan fingerprint density at radius 3 is 2.53 bits per heavy atom. The Bertz CT molecular complexity index is 379. The van der Waals surface area contributed by atoms with Crippen LogP contribution in [-0.4, -0.2) is 29.2 Å². The van der Waals surface area contributed by atoms with Crippen molar-refractivity contribution in [2.45, 2.75) is 51.3 Å². The molecule has 0 saturated carbocycles. The normalized spacial score (nSPS) is 15.6. The Kier molecular flexibility index (Phi) is 6.53. The van der Waals surface area contributed by atoms with Gasteiger partial charge in [0.15, 0.2) is 0 Å². The minimum Gasteiger partial charge on any atom is -0.393 e. The second-order valence-corrected chi connectivity index (χ2v) is 5.13. The van der Waals surface area contributed by atoms with Crippen LogP contribution in [-0.2, 0) is 11.2 Å². The minimum absolute atomic E-state index is 0.0599. The van der Waals surface area contributed by atoms with Crippen molar-refractivity contribution in [3.8, 4) is 0 Å². The summed E-state index contributed by atoms with van der Waals surface area (Å²) >= 11 is 0. The summed E-state index contributed by atoms with van der Waals surface area (Å²) in [6.45, 7) is 3.58. The minimum atomic E-state index is -0.503. The van der Waals surface area contributed by atoms with Crippen LogP contribution in [0.4, 0.5) is 0 Å². The van der Waals surface area contributed by atoms with Crippen LogP contribution in [0.1, 0.15) is 32.3 Å². The van der Waals surface area contributed by atoms with E-state index in [1.54, 1.807) is 6.92 Å². The Labute approximate surface area is 115 Å². The van der Waals surface area contributed by atoms with Gasteiger partial charge in [0.1, 0.15) is 0 Å². The third-order valence-electron chi connectivity index (χ3n) is 3.01. The van der Waals surface area contributed by atoms with Gasteiger partial charge in [0, 0.05) is 6.04 Å². The maximum atomic E-state index is 11.8. The highest BCUT2D eigenvalue weighted by Gasteiger charge is 2.16. The molecule has 1 rings (SSSR count). The summed E-state index contributed by atoms with van der Waals surface area (Å²) in [6, 6.07) is 9.42. The Hall–Kier alpha value is -1.39. The summed E-state index contributed by atoms with van der Waals surface area (Å²) in [5.41, 5.74) is 7.05. The molecule has 0 spiro atoms. The molecule has 0 aliphatic rings. The molecular formula is C15H24N2O2. The summed E-state index contributed by atoms with van der Waals surface area (Å²) < 4.78 is 0. The molecule has 4 nitrogen and oxygen atoms in total. The molecular weight excluding hydrogens is 240 g/mol. The summed E-state index contributed by atoms with van der Waals surface area (Å²) in [6.07, 6.45) is 1.53. The van der Waals surface area contributed by atoms with Crippen molar-refractivity contribution in [2.75, 3.05) is 0 Å². The Balaban J connectivity index is 2.32. The van der Waals surface area contributed by atoms with E-state index >= 15 is 0 Å². The van der Waals surface area contributed by atoms with Gasteiger partial charge in [-0.1, -0.05) is 30.3 Å². The Morgan fingerprint density at radius 2 is 1.95 bits per heavy atom. The van der Waals surface area contributed by atoms with Gasteiger partial charge in [0.05, 0.1) is 12.1 Å². The van der Waals surface area contributed by atoms with Crippen LogP contribution in [0.3, 0.4) is 0 Å². The number of carbonyl (C=O) groups is 1. The zero-order valence-corrected chi connectivity index (χ0v) is 11.7. The summed E-state index contributed by atoms with van der Waals surface area (Å²) in [7, 11) is 0. The lowest BCUT2D eigenvalue weighted by Crippen LogP contribution is -2.45. The smallest absolute Gasteiger partial charge is 0.237 e. The molecule has 19 heavy (non-hydrogen) atoms. The molecule has 0 aliphatic heterocycles. The van der Waals surface area contributed by atoms with E-state index in [4.69, 9.17) is 5.73 Å². The van der Waals surface area contributed by atoms with Crippen molar-refractivity contribution < 1.29 is 9.90 Å². The predicted octanol–water partition coefficient (Wildman–Crippen LogP) is 1.22. The van der Waals surface area contributed by atoms with Crippen LogP contribution in [0.25, 0.3) is 0 Å². The quantitative estimate of drug-likeness (QED) is 0.693. The lowest BCUT2D eigenvalue weighted by Gasteiger charge is -2.18. The fourth-order valence-corrected chi connectivity index (χ4v) is 2.02. The maximum absolute atomic E-state index is 11.8. The number of aryl methyl sites for hydroxylation is 1. The predicted molar refractivity (Wildman–Crippen MR) is 76.6 cm³/mol. The molecule has 3 atom stereocenters. The number of amides is 1. The summed E-state index contributed by atoms with van der Waals surface area (Å²) in [5, 5.41) is 12.1. The molecule has 0 radical (unpaired) electrons. The number of benzene rings is 1. The lowest BCUT2D eigenvalue weighted by atomic mass is 10.0. The van der Waals surface area contributed by atoms with Gasteiger partial charge in [-0.25, -0.2) is 0 Å². The van der Waals surface area contributed by atoms with E-state index in [1.807, 2.05) is 37.3 Å². The fourth-order valence-electron chi connectivity index (χ4n) is 2.02. The van der Waals surface area contributed by atoms with Crippen molar-refractivity contribution in [3.63, 3.8) is 0 Å². The first kappa shape index (κ1) is 15.7. The highest BCUT2D eigenvalue weighted by Crippen LogP contribution is 2.05. The zero-order chi connectivity index (χ0) is 14.3. The number of carbonyl (C=O) groups excluding carboxylic acids is 1. The molecule has 1 aromatic carbocycles. The molecule has 1 amide bonds. The van der Waals surface area contributed by atoms with Gasteiger partial charge in [0.25, 0.3) is 0 Å². The molecule has 4 heteroatoms. The molecule has 106 valence electrons. The highest BCUT2D eigenvalue weighted by atomic mass is 16.3. The van der Waals surface area contributed by atoms with Crippen molar-refractivity contribution in [2.24, 2.45) is 5.73 Å². The first-order valence-electron chi connectivity index (χ1n) is 6.77. The highest BCUT2D eigenvalue weighted by molar-refractivity contribution is 5.81. The molecule has 0 fully saturated rings. The molecule has 1 aromatic rings. The van der Waals surface area contributed by atoms with Crippen LogP contribution in [0.5, 0.6) is 0 Å². The van der Waals surface area contributed by atoms with E-state index in [0.29, 0.717) is 12.8 Å². The average Bonchev–Trinajstić information content (AvgIpc) is 2.36. The van der Waals surface area contributed by atoms with Crippen molar-refractivity contribution in [1.82, 2.24) is 5.32 Å². The second-order valence-electron chi connectivity index (χ2n) is 5.13. The van der Waals surface area contributed by atoms with E-state index in [-0.39, 0.29) is 11.9 Å². The van der Waals surface area contributed by atoms with Crippen LogP contribution in [0, 0.1) is 0 Å². The SMILES string of the molecule is CC(O)CC(C)NC(=O)[C@@H](N)CCc1ccccc1. The number of aliphatic hydroxyl groups excluding tert-OH is 1. The second kappa shape index (κ2) is 7.92. The third-order valence-corrected chi connectivity index (χ3v) is 3.01. The van der Waals surface area contributed by atoms with Gasteiger partial charge in [-0.15, -0.1) is 0 Å². The number of hydrogen-bond donors (Lipinski definition) is 3. The molecule has 4 N–H and O–H groups in total. The first-order valence-corrected chi connectivity index (χ1v) is 6.77. The lowest BCUT2D eigenvalue weighted by molar-refractivity contribution is -0.123. The molecule has 0 aromatic heterocycles. The van der Waals surface area contributed by atoms with Crippen LogP contribution >= 0.6 is 0 Å². The molecule has 0 aliphatic carbocycles. The van der Waals surface area contributed by atoms with E-state index in [0.717, 1.165) is 6.42 Å². The standard InChI is InChI=1S/C15H24N2O2/c1-11(10-12(2)18)17-15(19)14(16)9-8-13-6-4-3-5-7-13/h3-7,11-12,14,18H,8-10,16H2,1-2H3,(H,17,19)/t11?,12?,14-/m0/s1. The number of rotatable bonds is 7. The van der Waals surface area contributed by atoms with Gasteiger partial charge in [-0.3, -0.25) is 4.79 Å². The molecule has 0 heterocycles. The van der Waals surface area contributed by atoms with Gasteiger partial charge < -0.3 is 16.2 Å². The van der Waals surface area contributed by atoms with Crippen molar-refractivity contribution in [3.05, 3.63) is 35.9 Å². The van der Waals surface area contributed by atoms with Crippen molar-refractivity contribution >= 4 is 5.91 Å². The third kappa shape index (κ3) is 6.36. The zero-order valence-electron chi connectivity index (χ0n) is 11.7. The number of nitrogens with one attached hydrogen (secondary N) is 1. The number of nitrogens with two attached hydrogens (primary N) is 1. The van der Waals surface area contributed by atoms with E-state index < -0.39 is 12.1 Å². The average molecular weight is 264 g/mol. The maximum Gasteiger partial charge on any atom is 0.237 e. The van der Waals surface area contributed by atoms with Crippen LogP contribution < -0.4 is 11.1 Å². The van der Waals surface area contributed by atoms with E-state index in [2.05, 4.69) is 5.32 Å². The van der Waals surface area contributed by atoms with Gasteiger partial charge >= 0.3 is 0 Å². The summed E-state index contributed by atoms with van der Waals surface area (Å²) in [4.78, 5) is 11.8. The molecule has 2 unspecified atom stereocenters. The van der Waals surface area contributed by atoms with Crippen LogP contribution in [0.15, 0.2) is 30.3 Å². The molecule has 0 saturated heterocycles. The molecule has 0 bridgehead atoms. The Morgan fingerprint density at radius 1 is 1.32 bits per heavy atom. The fraction of sp³-hybridized carbons (Fsp3) is 0.533. The van der Waals surface area contributed by atoms with Gasteiger partial charge in [-0.2, -0.15) is 0 Å². The van der Waals surface area contributed by atoms with Crippen molar-refractivity contribution in [1.29, 1.82) is 0 Å². The van der Waals surface area contributed by atoms with E-state index in [1.165, 1.54) is 5.56 Å². The largest absolute Gasteiger partial charge is 0.393 e. The van der Waals surface area contributed by atoms with Gasteiger partial charge in [-0.05, 0) is 38.7 Å². The number of hydrogen-bond acceptors (Lipinski definition) is 3. The van der Waals surface area contributed by atoms with E-state index in [9.17, 15) is 9.90 Å². The monoisotopic (exact) mass is 264 g/mol. The summed E-state index contributed by atoms with van der Waals surface area (Å²) in [5.74, 6) is -0.149. The van der Waals surface area contributed by atoms with Gasteiger partial charge in [0.2, 0.25) is 5.91 Å². The van der Waals surface area contributed by atoms with Crippen LogP contribution in [0.2, 0.25) is 0 Å². The number of aliphatic hydroxyl groups is 1. The topological polar surface area (TPSA) is 75.3 Å². The first-order chi connectivity index (χ1) is 8.99.